The van der Waals surface area contributed by atoms with Gasteiger partial charge in [-0.15, -0.1) is 0 Å². The van der Waals surface area contributed by atoms with E-state index in [1.165, 1.54) is 7.11 Å². The molecular formula is C13H26O4Si. The first-order valence-electron chi connectivity index (χ1n) is 6.33. The highest BCUT2D eigenvalue weighted by Gasteiger charge is 2.32. The maximum atomic E-state index is 12.2. The van der Waals surface area contributed by atoms with Crippen LogP contribution >= 0.6 is 0 Å². The third-order valence-corrected chi connectivity index (χ3v) is 3.96. The van der Waals surface area contributed by atoms with Gasteiger partial charge in [0.2, 0.25) is 0 Å². The van der Waals surface area contributed by atoms with Crippen LogP contribution in [0.2, 0.25) is 5.04 Å². The molecule has 0 aliphatic rings. The first-order chi connectivity index (χ1) is 8.10. The maximum Gasteiger partial charge on any atom is 0.316 e. The van der Waals surface area contributed by atoms with Gasteiger partial charge < -0.3 is 9.16 Å². The van der Waals surface area contributed by atoms with Crippen LogP contribution in [0.4, 0.5) is 0 Å². The molecule has 0 heterocycles. The van der Waals surface area contributed by atoms with E-state index < -0.39 is 27.8 Å². The van der Waals surface area contributed by atoms with Crippen LogP contribution in [0.5, 0.6) is 0 Å². The molecule has 0 rings (SSSR count). The van der Waals surface area contributed by atoms with Crippen molar-refractivity contribution in [1.29, 1.82) is 0 Å². The molecule has 5 heteroatoms. The lowest BCUT2D eigenvalue weighted by atomic mass is 9.95. The van der Waals surface area contributed by atoms with Gasteiger partial charge in [-0.25, -0.2) is 0 Å². The van der Waals surface area contributed by atoms with E-state index in [0.717, 1.165) is 0 Å². The van der Waals surface area contributed by atoms with E-state index in [1.807, 2.05) is 13.8 Å². The van der Waals surface area contributed by atoms with Gasteiger partial charge in [0.15, 0.2) is 15.5 Å². The molecule has 0 aliphatic carbocycles. The molecule has 0 spiro atoms. The van der Waals surface area contributed by atoms with Gasteiger partial charge in [-0.1, -0.05) is 34.6 Å². The third kappa shape index (κ3) is 5.77. The highest BCUT2D eigenvalue weighted by Crippen LogP contribution is 2.23. The summed E-state index contributed by atoms with van der Waals surface area (Å²) in [6, 6.07) is 0. The zero-order valence-electron chi connectivity index (χ0n) is 12.6. The van der Waals surface area contributed by atoms with Crippen molar-refractivity contribution in [3.8, 4) is 0 Å². The molecule has 106 valence electrons. The summed E-state index contributed by atoms with van der Waals surface area (Å²) in [7, 11) is 0.474. The number of Topliss-reactive ketones (excluding diaryl/α,β-unsaturated/α-hetero) is 1. The number of methoxy groups -OCH3 is 1. The quantitative estimate of drug-likeness (QED) is 0.420. The van der Waals surface area contributed by atoms with E-state index in [4.69, 9.17) is 4.43 Å². The summed E-state index contributed by atoms with van der Waals surface area (Å²) in [5.74, 6) is -1.35. The molecule has 0 fully saturated rings. The van der Waals surface area contributed by atoms with Gasteiger partial charge in [0.1, 0.15) is 12.0 Å². The van der Waals surface area contributed by atoms with E-state index in [1.54, 1.807) is 6.92 Å². The normalized spacial score (nSPS) is 16.0. The second kappa shape index (κ2) is 7.04. The van der Waals surface area contributed by atoms with Gasteiger partial charge in [0.05, 0.1) is 7.11 Å². The summed E-state index contributed by atoms with van der Waals surface area (Å²) in [5, 5.41) is 0.127. The fourth-order valence-corrected chi connectivity index (χ4v) is 2.71. The van der Waals surface area contributed by atoms with Gasteiger partial charge >= 0.3 is 5.97 Å². The summed E-state index contributed by atoms with van der Waals surface area (Å²) in [6.07, 6.45) is -0.495. The van der Waals surface area contributed by atoms with Crippen LogP contribution in [0.15, 0.2) is 0 Å². The van der Waals surface area contributed by atoms with E-state index in [-0.39, 0.29) is 16.7 Å². The average molecular weight is 274 g/mol. The maximum absolute atomic E-state index is 12.2. The highest BCUT2D eigenvalue weighted by atomic mass is 28.2. The van der Waals surface area contributed by atoms with Crippen LogP contribution in [0.25, 0.3) is 0 Å². The van der Waals surface area contributed by atoms with E-state index in [0.29, 0.717) is 0 Å². The van der Waals surface area contributed by atoms with Crippen LogP contribution in [-0.2, 0) is 18.8 Å². The molecule has 1 unspecified atom stereocenters. The molecule has 0 saturated heterocycles. The summed E-state index contributed by atoms with van der Waals surface area (Å²) in [4.78, 5) is 23.6. The number of ether oxygens (including phenoxy) is 1. The Hall–Kier alpha value is -0.683. The molecule has 0 radical (unpaired) electrons. The van der Waals surface area contributed by atoms with Crippen molar-refractivity contribution in [2.24, 2.45) is 11.8 Å². The first-order valence-corrected chi connectivity index (χ1v) is 7.61. The summed E-state index contributed by atoms with van der Waals surface area (Å²) < 4.78 is 10.4. The van der Waals surface area contributed by atoms with Crippen molar-refractivity contribution in [3.05, 3.63) is 0 Å². The Morgan fingerprint density at radius 3 is 1.94 bits per heavy atom. The minimum absolute atomic E-state index is 0.0689. The summed E-state index contributed by atoms with van der Waals surface area (Å²) in [6.45, 7) is 11.7. The SMILES string of the molecule is COC(=O)C(C)C(=O)[C@@H](O[SiH2]C(C)(C)C)C(C)C. The van der Waals surface area contributed by atoms with Gasteiger partial charge in [-0.3, -0.25) is 9.59 Å². The summed E-state index contributed by atoms with van der Waals surface area (Å²) >= 11 is 0. The highest BCUT2D eigenvalue weighted by molar-refractivity contribution is 6.32. The van der Waals surface area contributed by atoms with Crippen LogP contribution in [-0.4, -0.2) is 34.7 Å². The molecule has 4 nitrogen and oxygen atoms in total. The number of esters is 1. The molecule has 0 bridgehead atoms. The Labute approximate surface area is 112 Å². The topological polar surface area (TPSA) is 52.6 Å². The van der Waals surface area contributed by atoms with Crippen molar-refractivity contribution < 1.29 is 18.8 Å². The minimum atomic E-state index is -0.819. The predicted molar refractivity (Wildman–Crippen MR) is 74.2 cm³/mol. The van der Waals surface area contributed by atoms with Gasteiger partial charge in [0, 0.05) is 0 Å². The lowest BCUT2D eigenvalue weighted by Crippen LogP contribution is -2.39. The van der Waals surface area contributed by atoms with E-state index in [9.17, 15) is 9.59 Å². The number of hydrogen-bond donors (Lipinski definition) is 0. The predicted octanol–water partition coefficient (Wildman–Crippen LogP) is 1.71. The number of rotatable bonds is 6. The standard InChI is InChI=1S/C13H26O4Si/c1-8(2)11(17-18-13(4,5)6)10(14)9(3)12(15)16-7/h8-9,11H,18H2,1-7H3/t9?,11-/m0/s1. The largest absolute Gasteiger partial charge is 0.468 e. The molecular weight excluding hydrogens is 248 g/mol. The Kier molecular flexibility index (Phi) is 6.77. The molecule has 0 amide bonds. The zero-order chi connectivity index (χ0) is 14.5. The zero-order valence-corrected chi connectivity index (χ0v) is 14.0. The number of carbonyl (C=O) groups is 2. The lowest BCUT2D eigenvalue weighted by molar-refractivity contribution is -0.151. The second-order valence-electron chi connectivity index (χ2n) is 6.18. The molecule has 0 aliphatic heterocycles. The fourth-order valence-electron chi connectivity index (χ4n) is 1.48. The fraction of sp³-hybridized carbons (Fsp3) is 0.846. The second-order valence-corrected chi connectivity index (χ2v) is 8.93. The Bertz CT molecular complexity index is 294. The monoisotopic (exact) mass is 274 g/mol. The van der Waals surface area contributed by atoms with Crippen molar-refractivity contribution in [1.82, 2.24) is 0 Å². The van der Waals surface area contributed by atoms with Crippen molar-refractivity contribution in [2.75, 3.05) is 7.11 Å². The van der Waals surface area contributed by atoms with Gasteiger partial charge in [-0.2, -0.15) is 0 Å². The molecule has 0 aromatic carbocycles. The third-order valence-electron chi connectivity index (χ3n) is 2.56. The molecule has 0 N–H and O–H groups in total. The first kappa shape index (κ1) is 17.3. The smallest absolute Gasteiger partial charge is 0.316 e. The molecule has 0 aromatic rings. The molecule has 0 saturated carbocycles. The van der Waals surface area contributed by atoms with Crippen LogP contribution in [0.3, 0.4) is 0 Å². The number of ketones is 1. The van der Waals surface area contributed by atoms with Crippen LogP contribution in [0.1, 0.15) is 41.5 Å². The minimum Gasteiger partial charge on any atom is -0.468 e. The Morgan fingerprint density at radius 2 is 1.61 bits per heavy atom. The lowest BCUT2D eigenvalue weighted by Gasteiger charge is -2.26. The van der Waals surface area contributed by atoms with Crippen molar-refractivity contribution in [2.45, 2.75) is 52.7 Å². The molecule has 2 atom stereocenters. The summed E-state index contributed by atoms with van der Waals surface area (Å²) in [5.41, 5.74) is 0. The van der Waals surface area contributed by atoms with Crippen LogP contribution < -0.4 is 0 Å². The van der Waals surface area contributed by atoms with Crippen molar-refractivity contribution in [3.63, 3.8) is 0 Å². The molecule has 0 aromatic heterocycles. The van der Waals surface area contributed by atoms with Crippen molar-refractivity contribution >= 4 is 21.5 Å². The Morgan fingerprint density at radius 1 is 1.11 bits per heavy atom. The van der Waals surface area contributed by atoms with E-state index in [2.05, 4.69) is 25.5 Å². The Balaban J connectivity index is 4.70. The van der Waals surface area contributed by atoms with E-state index >= 15 is 0 Å². The van der Waals surface area contributed by atoms with Gasteiger partial charge in [0.25, 0.3) is 0 Å². The van der Waals surface area contributed by atoms with Gasteiger partial charge in [-0.05, 0) is 17.9 Å². The number of carbonyl (C=O) groups excluding carboxylic acids is 2. The van der Waals surface area contributed by atoms with Crippen LogP contribution in [0, 0.1) is 11.8 Å². The number of hydrogen-bond acceptors (Lipinski definition) is 4. The molecule has 18 heavy (non-hydrogen) atoms. The average Bonchev–Trinajstić information content (AvgIpc) is 2.24.